The van der Waals surface area contributed by atoms with Crippen molar-refractivity contribution >= 4 is 5.91 Å². The second-order valence-electron chi connectivity index (χ2n) is 6.62. The van der Waals surface area contributed by atoms with Crippen LogP contribution < -0.4 is 5.73 Å². The predicted molar refractivity (Wildman–Crippen MR) is 82.3 cm³/mol. The molecular weight excluding hydrogens is 248 g/mol. The number of benzene rings is 1. The number of amides is 1. The molecule has 2 rings (SSSR count). The van der Waals surface area contributed by atoms with Gasteiger partial charge in [-0.2, -0.15) is 0 Å². The number of rotatable bonds is 4. The van der Waals surface area contributed by atoms with E-state index in [9.17, 15) is 4.79 Å². The molecule has 1 fully saturated rings. The van der Waals surface area contributed by atoms with E-state index in [1.165, 1.54) is 5.56 Å². The van der Waals surface area contributed by atoms with E-state index in [-0.39, 0.29) is 11.9 Å². The Morgan fingerprint density at radius 1 is 1.25 bits per heavy atom. The first-order valence-corrected chi connectivity index (χ1v) is 7.56. The van der Waals surface area contributed by atoms with Crippen molar-refractivity contribution < 1.29 is 4.79 Å². The Morgan fingerprint density at radius 3 is 2.45 bits per heavy atom. The van der Waals surface area contributed by atoms with Crippen LogP contribution in [0.5, 0.6) is 0 Å². The number of nitrogens with zero attached hydrogens (tertiary/aromatic N) is 1. The summed E-state index contributed by atoms with van der Waals surface area (Å²) in [6, 6.07) is 9.85. The molecule has 110 valence electrons. The second-order valence-corrected chi connectivity index (χ2v) is 6.62. The number of nitrogens with two attached hydrogens (primary N) is 1. The molecule has 1 unspecified atom stereocenters. The molecule has 1 aromatic rings. The fourth-order valence-corrected chi connectivity index (χ4v) is 2.66. The molecule has 0 aromatic heterocycles. The number of hydrogen-bond donors (Lipinski definition) is 1. The van der Waals surface area contributed by atoms with Crippen LogP contribution in [-0.4, -0.2) is 29.9 Å². The minimum absolute atomic E-state index is 0.122. The van der Waals surface area contributed by atoms with Gasteiger partial charge in [0.15, 0.2) is 0 Å². The van der Waals surface area contributed by atoms with Crippen LogP contribution in [0.3, 0.4) is 0 Å². The highest BCUT2D eigenvalue weighted by Crippen LogP contribution is 2.29. The molecule has 3 nitrogen and oxygen atoms in total. The molecule has 0 aliphatic carbocycles. The van der Waals surface area contributed by atoms with E-state index in [2.05, 4.69) is 26.0 Å². The number of piperidine rings is 1. The van der Waals surface area contributed by atoms with Crippen molar-refractivity contribution in [3.8, 4) is 0 Å². The fraction of sp³-hybridized carbons (Fsp3) is 0.588. The van der Waals surface area contributed by atoms with Crippen molar-refractivity contribution in [3.05, 3.63) is 35.9 Å². The highest BCUT2D eigenvalue weighted by Gasteiger charge is 2.29. The normalized spacial score (nSPS) is 19.6. The number of likely N-dealkylation sites (tertiary alicyclic amines) is 1. The van der Waals surface area contributed by atoms with Crippen LogP contribution in [0.15, 0.2) is 30.3 Å². The maximum atomic E-state index is 12.3. The lowest BCUT2D eigenvalue weighted by Gasteiger charge is -2.37. The monoisotopic (exact) mass is 274 g/mol. The third kappa shape index (κ3) is 4.07. The molecule has 20 heavy (non-hydrogen) atoms. The maximum absolute atomic E-state index is 12.3. The standard InChI is InChI=1S/C17H26N2O/c1-17(2)10-12-19(13-11-17)16(20)15(18)9-8-14-6-4-3-5-7-14/h3-7,15H,8-13,18H2,1-2H3. The third-order valence-electron chi connectivity index (χ3n) is 4.33. The number of hydrogen-bond acceptors (Lipinski definition) is 2. The quantitative estimate of drug-likeness (QED) is 0.917. The van der Waals surface area contributed by atoms with Crippen LogP contribution in [0.1, 0.15) is 38.7 Å². The Bertz CT molecular complexity index is 432. The van der Waals surface area contributed by atoms with Gasteiger partial charge in [0.05, 0.1) is 6.04 Å². The highest BCUT2D eigenvalue weighted by molar-refractivity contribution is 5.81. The summed E-state index contributed by atoms with van der Waals surface area (Å²) in [7, 11) is 0. The summed E-state index contributed by atoms with van der Waals surface area (Å²) >= 11 is 0. The van der Waals surface area contributed by atoms with Crippen molar-refractivity contribution in [2.45, 2.75) is 45.6 Å². The zero-order valence-corrected chi connectivity index (χ0v) is 12.6. The van der Waals surface area contributed by atoms with Gasteiger partial charge in [0, 0.05) is 13.1 Å². The van der Waals surface area contributed by atoms with Crippen LogP contribution in [0, 0.1) is 5.41 Å². The van der Waals surface area contributed by atoms with Gasteiger partial charge in [-0.1, -0.05) is 44.2 Å². The van der Waals surface area contributed by atoms with Gasteiger partial charge >= 0.3 is 0 Å². The minimum Gasteiger partial charge on any atom is -0.341 e. The summed E-state index contributed by atoms with van der Waals surface area (Å²) < 4.78 is 0. The molecule has 0 radical (unpaired) electrons. The number of carbonyl (C=O) groups is 1. The van der Waals surface area contributed by atoms with Crippen molar-refractivity contribution in [1.29, 1.82) is 0 Å². The van der Waals surface area contributed by atoms with Gasteiger partial charge in [-0.25, -0.2) is 0 Å². The van der Waals surface area contributed by atoms with Crippen LogP contribution in [0.25, 0.3) is 0 Å². The van der Waals surface area contributed by atoms with Crippen molar-refractivity contribution in [2.75, 3.05) is 13.1 Å². The molecule has 2 N–H and O–H groups in total. The van der Waals surface area contributed by atoms with Crippen molar-refractivity contribution in [2.24, 2.45) is 11.1 Å². The van der Waals surface area contributed by atoms with Gasteiger partial charge in [-0.05, 0) is 36.7 Å². The zero-order chi connectivity index (χ0) is 14.6. The molecule has 1 heterocycles. The first-order chi connectivity index (χ1) is 9.48. The minimum atomic E-state index is -0.364. The van der Waals surface area contributed by atoms with Crippen LogP contribution in [0.4, 0.5) is 0 Å². The van der Waals surface area contributed by atoms with E-state index < -0.39 is 0 Å². The summed E-state index contributed by atoms with van der Waals surface area (Å²) in [5, 5.41) is 0. The Labute approximate surface area is 122 Å². The van der Waals surface area contributed by atoms with Gasteiger partial charge in [0.25, 0.3) is 0 Å². The lowest BCUT2D eigenvalue weighted by atomic mass is 9.82. The average Bonchev–Trinajstić information content (AvgIpc) is 2.45. The lowest BCUT2D eigenvalue weighted by molar-refractivity contribution is -0.134. The lowest BCUT2D eigenvalue weighted by Crippen LogP contribution is -2.48. The smallest absolute Gasteiger partial charge is 0.239 e. The molecule has 1 saturated heterocycles. The molecule has 1 amide bonds. The van der Waals surface area contributed by atoms with E-state index in [1.54, 1.807) is 0 Å². The summed E-state index contributed by atoms with van der Waals surface area (Å²) in [4.78, 5) is 14.3. The molecule has 1 aliphatic heterocycles. The number of aryl methyl sites for hydroxylation is 1. The predicted octanol–water partition coefficient (Wildman–Crippen LogP) is 2.60. The summed E-state index contributed by atoms with van der Waals surface area (Å²) in [5.41, 5.74) is 7.68. The van der Waals surface area contributed by atoms with Gasteiger partial charge in [0.1, 0.15) is 0 Å². The Morgan fingerprint density at radius 2 is 1.85 bits per heavy atom. The molecule has 0 spiro atoms. The Balaban J connectivity index is 1.80. The topological polar surface area (TPSA) is 46.3 Å². The van der Waals surface area contributed by atoms with Crippen molar-refractivity contribution in [3.63, 3.8) is 0 Å². The van der Waals surface area contributed by atoms with E-state index in [0.717, 1.165) is 38.8 Å². The summed E-state index contributed by atoms with van der Waals surface area (Å²) in [6.07, 6.45) is 3.74. The Hall–Kier alpha value is -1.35. The van der Waals surface area contributed by atoms with Gasteiger partial charge in [-0.15, -0.1) is 0 Å². The molecule has 1 atom stereocenters. The van der Waals surface area contributed by atoms with Gasteiger partial charge in [-0.3, -0.25) is 4.79 Å². The molecule has 1 aliphatic rings. The van der Waals surface area contributed by atoms with Crippen LogP contribution in [-0.2, 0) is 11.2 Å². The average molecular weight is 274 g/mol. The molecule has 0 saturated carbocycles. The summed E-state index contributed by atoms with van der Waals surface area (Å²) in [5.74, 6) is 0.122. The van der Waals surface area contributed by atoms with Crippen molar-refractivity contribution in [1.82, 2.24) is 4.90 Å². The molecular formula is C17H26N2O. The SMILES string of the molecule is CC1(C)CCN(C(=O)C(N)CCc2ccccc2)CC1. The fourth-order valence-electron chi connectivity index (χ4n) is 2.66. The largest absolute Gasteiger partial charge is 0.341 e. The van der Waals surface area contributed by atoms with E-state index in [0.29, 0.717) is 5.41 Å². The first kappa shape index (κ1) is 15.0. The second kappa shape index (κ2) is 6.40. The highest BCUT2D eigenvalue weighted by atomic mass is 16.2. The zero-order valence-electron chi connectivity index (χ0n) is 12.6. The van der Waals surface area contributed by atoms with E-state index >= 15 is 0 Å². The number of carbonyl (C=O) groups excluding carboxylic acids is 1. The van der Waals surface area contributed by atoms with Gasteiger partial charge < -0.3 is 10.6 Å². The first-order valence-electron chi connectivity index (χ1n) is 7.56. The van der Waals surface area contributed by atoms with E-state index in [1.807, 2.05) is 23.1 Å². The molecule has 1 aromatic carbocycles. The van der Waals surface area contributed by atoms with Gasteiger partial charge in [0.2, 0.25) is 5.91 Å². The third-order valence-corrected chi connectivity index (χ3v) is 4.33. The summed E-state index contributed by atoms with van der Waals surface area (Å²) in [6.45, 7) is 6.24. The van der Waals surface area contributed by atoms with E-state index in [4.69, 9.17) is 5.73 Å². The van der Waals surface area contributed by atoms with Crippen LogP contribution >= 0.6 is 0 Å². The molecule has 0 bridgehead atoms. The maximum Gasteiger partial charge on any atom is 0.239 e. The molecule has 3 heteroatoms. The Kier molecular flexibility index (Phi) is 4.81. The van der Waals surface area contributed by atoms with Crippen LogP contribution in [0.2, 0.25) is 0 Å².